The monoisotopic (exact) mass is 548 g/mol. The van der Waals surface area contributed by atoms with Crippen LogP contribution in [0.15, 0.2) is 86.0 Å². The standard InChI is InChI=1S/C33H44N2O5/c1-5-13-27(21-31(37)34-29(22-36)20-26-17-11-8-12-18-26)32(38)35-30(24(3)4)23-40-33(39)28(14-6-2)19-25-15-9-7-10-16-25/h5-12,15-18,24,27-30,36H,1-2,13-14,19-23H2,3-4H3,(H,34,37)(H,35,38)/t27-,28-,29+,30-/m1/s1. The van der Waals surface area contributed by atoms with E-state index in [9.17, 15) is 19.5 Å². The number of esters is 1. The van der Waals surface area contributed by atoms with Crippen LogP contribution in [0.3, 0.4) is 0 Å². The highest BCUT2D eigenvalue weighted by atomic mass is 16.5. The first-order valence-electron chi connectivity index (χ1n) is 13.9. The van der Waals surface area contributed by atoms with E-state index >= 15 is 0 Å². The van der Waals surface area contributed by atoms with Crippen LogP contribution in [0.5, 0.6) is 0 Å². The normalized spacial score (nSPS) is 13.9. The molecular weight excluding hydrogens is 504 g/mol. The smallest absolute Gasteiger partial charge is 0.309 e. The number of amides is 2. The molecular formula is C33H44N2O5. The zero-order valence-electron chi connectivity index (χ0n) is 23.8. The van der Waals surface area contributed by atoms with Gasteiger partial charge < -0.3 is 20.5 Å². The summed E-state index contributed by atoms with van der Waals surface area (Å²) in [5, 5.41) is 15.6. The Morgan fingerprint density at radius 1 is 0.850 bits per heavy atom. The second-order valence-corrected chi connectivity index (χ2v) is 10.5. The molecule has 7 heteroatoms. The maximum atomic E-state index is 13.2. The first-order valence-corrected chi connectivity index (χ1v) is 13.9. The number of allylic oxidation sites excluding steroid dienone is 2. The summed E-state index contributed by atoms with van der Waals surface area (Å²) in [6.07, 6.45) is 5.10. The highest BCUT2D eigenvalue weighted by Gasteiger charge is 2.27. The van der Waals surface area contributed by atoms with E-state index in [0.29, 0.717) is 25.7 Å². The summed E-state index contributed by atoms with van der Waals surface area (Å²) in [4.78, 5) is 38.9. The molecule has 2 aromatic carbocycles. The van der Waals surface area contributed by atoms with Crippen molar-refractivity contribution in [3.8, 4) is 0 Å². The summed E-state index contributed by atoms with van der Waals surface area (Å²) >= 11 is 0. The number of hydrogen-bond donors (Lipinski definition) is 3. The minimum absolute atomic E-state index is 0.00780. The third kappa shape index (κ3) is 11.6. The lowest BCUT2D eigenvalue weighted by Crippen LogP contribution is -2.47. The van der Waals surface area contributed by atoms with Crippen molar-refractivity contribution in [2.75, 3.05) is 13.2 Å². The first kappa shape index (κ1) is 32.5. The minimum Gasteiger partial charge on any atom is -0.463 e. The molecule has 0 heterocycles. The second-order valence-electron chi connectivity index (χ2n) is 10.5. The molecule has 0 aliphatic heterocycles. The number of aliphatic hydroxyl groups excluding tert-OH is 1. The van der Waals surface area contributed by atoms with E-state index in [4.69, 9.17) is 4.74 Å². The lowest BCUT2D eigenvalue weighted by atomic mass is 9.96. The van der Waals surface area contributed by atoms with Crippen molar-refractivity contribution in [3.63, 3.8) is 0 Å². The Labute approximate surface area is 238 Å². The lowest BCUT2D eigenvalue weighted by Gasteiger charge is -2.26. The summed E-state index contributed by atoms with van der Waals surface area (Å²) in [6.45, 7) is 11.2. The topological polar surface area (TPSA) is 105 Å². The molecule has 0 aromatic heterocycles. The van der Waals surface area contributed by atoms with Crippen molar-refractivity contribution in [2.24, 2.45) is 17.8 Å². The minimum atomic E-state index is -0.642. The quantitative estimate of drug-likeness (QED) is 0.189. The van der Waals surface area contributed by atoms with Crippen LogP contribution in [-0.4, -0.2) is 48.2 Å². The van der Waals surface area contributed by atoms with E-state index in [-0.39, 0.29) is 49.3 Å². The van der Waals surface area contributed by atoms with E-state index < -0.39 is 18.0 Å². The predicted molar refractivity (Wildman–Crippen MR) is 158 cm³/mol. The molecule has 4 atom stereocenters. The SMILES string of the molecule is C=CC[C@H](CC(=O)N[C@H](CO)Cc1ccccc1)C(=O)N[C@H](COC(=O)[C@H](CC=C)Cc1ccccc1)C(C)C. The summed E-state index contributed by atoms with van der Waals surface area (Å²) < 4.78 is 5.67. The lowest BCUT2D eigenvalue weighted by molar-refractivity contribution is -0.150. The summed E-state index contributed by atoms with van der Waals surface area (Å²) in [5.74, 6) is -1.98. The van der Waals surface area contributed by atoms with Gasteiger partial charge in [0.25, 0.3) is 0 Å². The molecule has 3 N–H and O–H groups in total. The van der Waals surface area contributed by atoms with E-state index in [1.165, 1.54) is 0 Å². The Morgan fingerprint density at radius 2 is 1.40 bits per heavy atom. The van der Waals surface area contributed by atoms with Gasteiger partial charge in [0.1, 0.15) is 6.61 Å². The van der Waals surface area contributed by atoms with Crippen LogP contribution in [0, 0.1) is 17.8 Å². The average Bonchev–Trinajstić information content (AvgIpc) is 2.95. The number of rotatable bonds is 18. The van der Waals surface area contributed by atoms with Gasteiger partial charge >= 0.3 is 5.97 Å². The first-order chi connectivity index (χ1) is 19.3. The highest BCUT2D eigenvalue weighted by molar-refractivity contribution is 5.86. The third-order valence-corrected chi connectivity index (χ3v) is 6.81. The summed E-state index contributed by atoms with van der Waals surface area (Å²) in [6, 6.07) is 18.5. The number of benzene rings is 2. The molecule has 216 valence electrons. The van der Waals surface area contributed by atoms with Crippen molar-refractivity contribution in [2.45, 2.75) is 58.0 Å². The number of ether oxygens (including phenoxy) is 1. The number of aliphatic hydroxyl groups is 1. The summed E-state index contributed by atoms with van der Waals surface area (Å²) in [5.41, 5.74) is 2.04. The molecule has 0 bridgehead atoms. The molecule has 7 nitrogen and oxygen atoms in total. The number of nitrogens with one attached hydrogen (secondary N) is 2. The molecule has 0 aliphatic rings. The fraction of sp³-hybridized carbons (Fsp3) is 0.424. The Morgan fingerprint density at radius 3 is 1.93 bits per heavy atom. The maximum Gasteiger partial charge on any atom is 0.309 e. The molecule has 0 unspecified atom stereocenters. The van der Waals surface area contributed by atoms with Crippen LogP contribution in [0.4, 0.5) is 0 Å². The van der Waals surface area contributed by atoms with Crippen LogP contribution in [-0.2, 0) is 32.0 Å². The van der Waals surface area contributed by atoms with E-state index in [2.05, 4.69) is 23.8 Å². The fourth-order valence-corrected chi connectivity index (χ4v) is 4.41. The molecule has 40 heavy (non-hydrogen) atoms. The average molecular weight is 549 g/mol. The third-order valence-electron chi connectivity index (χ3n) is 6.81. The molecule has 0 aliphatic carbocycles. The van der Waals surface area contributed by atoms with Gasteiger partial charge in [-0.25, -0.2) is 0 Å². The molecule has 0 saturated carbocycles. The second kappa shape index (κ2) is 17.8. The molecule has 0 radical (unpaired) electrons. The molecule has 0 fully saturated rings. The van der Waals surface area contributed by atoms with Gasteiger partial charge in [0.2, 0.25) is 11.8 Å². The van der Waals surface area contributed by atoms with Crippen LogP contribution < -0.4 is 10.6 Å². The molecule has 2 aromatic rings. The van der Waals surface area contributed by atoms with Crippen LogP contribution in [0.2, 0.25) is 0 Å². The molecule has 2 rings (SSSR count). The Kier molecular flexibility index (Phi) is 14.5. The van der Waals surface area contributed by atoms with Gasteiger partial charge in [0, 0.05) is 6.42 Å². The van der Waals surface area contributed by atoms with Crippen molar-refractivity contribution in [3.05, 3.63) is 97.1 Å². The van der Waals surface area contributed by atoms with E-state index in [0.717, 1.165) is 11.1 Å². The van der Waals surface area contributed by atoms with Gasteiger partial charge in [0.15, 0.2) is 0 Å². The van der Waals surface area contributed by atoms with Gasteiger partial charge in [-0.3, -0.25) is 14.4 Å². The number of hydrogen-bond acceptors (Lipinski definition) is 5. The van der Waals surface area contributed by atoms with E-state index in [1.54, 1.807) is 12.2 Å². The van der Waals surface area contributed by atoms with Crippen molar-refractivity contribution >= 4 is 17.8 Å². The zero-order chi connectivity index (χ0) is 29.3. The van der Waals surface area contributed by atoms with Gasteiger partial charge in [-0.2, -0.15) is 0 Å². The Bertz CT molecular complexity index is 1070. The molecule has 0 saturated heterocycles. The number of carbonyl (C=O) groups is 3. The largest absolute Gasteiger partial charge is 0.463 e. The molecule has 2 amide bonds. The maximum absolute atomic E-state index is 13.2. The fourth-order valence-electron chi connectivity index (χ4n) is 4.41. The van der Waals surface area contributed by atoms with Gasteiger partial charge in [-0.15, -0.1) is 13.2 Å². The van der Waals surface area contributed by atoms with Gasteiger partial charge in [-0.1, -0.05) is 86.7 Å². The van der Waals surface area contributed by atoms with Crippen molar-refractivity contribution in [1.82, 2.24) is 10.6 Å². The van der Waals surface area contributed by atoms with E-state index in [1.807, 2.05) is 74.5 Å². The zero-order valence-corrected chi connectivity index (χ0v) is 23.8. The van der Waals surface area contributed by atoms with Gasteiger partial charge in [-0.05, 0) is 42.7 Å². The highest BCUT2D eigenvalue weighted by Crippen LogP contribution is 2.17. The van der Waals surface area contributed by atoms with Crippen molar-refractivity contribution < 1.29 is 24.2 Å². The molecule has 0 spiro atoms. The Hall–Kier alpha value is -3.71. The van der Waals surface area contributed by atoms with Gasteiger partial charge in [0.05, 0.1) is 30.5 Å². The van der Waals surface area contributed by atoms with Crippen LogP contribution in [0.25, 0.3) is 0 Å². The predicted octanol–water partition coefficient (Wildman–Crippen LogP) is 4.41. The van der Waals surface area contributed by atoms with Crippen LogP contribution in [0.1, 0.15) is 44.2 Å². The van der Waals surface area contributed by atoms with Crippen molar-refractivity contribution in [1.29, 1.82) is 0 Å². The van der Waals surface area contributed by atoms with Crippen LogP contribution >= 0.6 is 0 Å². The summed E-state index contributed by atoms with van der Waals surface area (Å²) in [7, 11) is 0. The number of carbonyl (C=O) groups excluding carboxylic acids is 3. The Balaban J connectivity index is 1.96.